The highest BCUT2D eigenvalue weighted by Crippen LogP contribution is 2.39. The first-order valence-electron chi connectivity index (χ1n) is 4.93. The van der Waals surface area contributed by atoms with E-state index in [-0.39, 0.29) is 14.9 Å². The summed E-state index contributed by atoms with van der Waals surface area (Å²) in [5.74, 6) is 0.909. The van der Waals surface area contributed by atoms with Crippen LogP contribution in [0, 0.1) is 0 Å². The Balaban J connectivity index is 0. The molecule has 0 atom stereocenters. The summed E-state index contributed by atoms with van der Waals surface area (Å²) in [6, 6.07) is 10.8. The Labute approximate surface area is 90.4 Å². The van der Waals surface area contributed by atoms with Gasteiger partial charge in [-0.3, -0.25) is 0 Å². The lowest BCUT2D eigenvalue weighted by molar-refractivity contribution is 1.09. The summed E-state index contributed by atoms with van der Waals surface area (Å²) in [5, 5.41) is 0. The average molecular weight is 194 g/mol. The van der Waals surface area contributed by atoms with Crippen molar-refractivity contribution in [1.82, 2.24) is 0 Å². The molecule has 0 aliphatic heterocycles. The Kier molecular flexibility index (Phi) is 9.86. The normalized spacial score (nSPS) is 12.7. The highest BCUT2D eigenvalue weighted by Gasteiger charge is 2.22. The van der Waals surface area contributed by atoms with E-state index < -0.39 is 0 Å². The van der Waals surface area contributed by atoms with Gasteiger partial charge in [-0.1, -0.05) is 65.5 Å². The molecule has 0 bridgehead atoms. The predicted molar refractivity (Wildman–Crippen MR) is 67.8 cm³/mol. The molecule has 82 valence electrons. The zero-order chi connectivity index (χ0) is 8.81. The summed E-state index contributed by atoms with van der Waals surface area (Å²) < 4.78 is 0. The van der Waals surface area contributed by atoms with Crippen LogP contribution in [-0.2, 0) is 0 Å². The number of rotatable bonds is 1. The first-order valence-corrected chi connectivity index (χ1v) is 4.93. The fourth-order valence-electron chi connectivity index (χ4n) is 1.14. The molecule has 0 heterocycles. The summed E-state index contributed by atoms with van der Waals surface area (Å²) in [6.45, 7) is 4.25. The lowest BCUT2D eigenvalue weighted by atomic mass is 10.1. The molecule has 0 unspecified atom stereocenters. The highest BCUT2D eigenvalue weighted by molar-refractivity contribution is 5.22. The monoisotopic (exact) mass is 194 g/mol. The van der Waals surface area contributed by atoms with Crippen LogP contribution in [0.4, 0.5) is 0 Å². The van der Waals surface area contributed by atoms with E-state index >= 15 is 0 Å². The fraction of sp³-hybridized carbons (Fsp3) is 0.571. The lowest BCUT2D eigenvalue weighted by Gasteiger charge is -1.92. The van der Waals surface area contributed by atoms with E-state index in [1.165, 1.54) is 24.8 Å². The quantitative estimate of drug-likeness (QED) is 0.572. The maximum absolute atomic E-state index is 2.22. The third-order valence-electron chi connectivity index (χ3n) is 1.85. The van der Waals surface area contributed by atoms with Crippen LogP contribution in [0.1, 0.15) is 59.4 Å². The molecule has 1 fully saturated rings. The van der Waals surface area contributed by atoms with Gasteiger partial charge in [-0.15, -0.1) is 0 Å². The molecule has 1 aliphatic carbocycles. The van der Waals surface area contributed by atoms with Gasteiger partial charge in [-0.05, 0) is 24.3 Å². The third kappa shape index (κ3) is 5.80. The Hall–Kier alpha value is -0.780. The standard InChI is InChI=1S/C9H10.C3H8.2CH4/c1-2-4-8(5-3-1)9-6-7-9;1-3-2;;/h1-5,9H,6-7H2;3H2,1-2H3;2*1H4. The Bertz CT molecular complexity index is 197. The van der Waals surface area contributed by atoms with Crippen molar-refractivity contribution in [1.29, 1.82) is 0 Å². The molecule has 0 N–H and O–H groups in total. The fourth-order valence-corrected chi connectivity index (χ4v) is 1.14. The third-order valence-corrected chi connectivity index (χ3v) is 1.85. The Morgan fingerprint density at radius 1 is 1.00 bits per heavy atom. The van der Waals surface area contributed by atoms with E-state index in [4.69, 9.17) is 0 Å². The van der Waals surface area contributed by atoms with Crippen LogP contribution in [0.2, 0.25) is 0 Å². The van der Waals surface area contributed by atoms with Gasteiger partial charge in [0.05, 0.1) is 0 Å². The van der Waals surface area contributed by atoms with Gasteiger partial charge in [0.1, 0.15) is 0 Å². The molecule has 1 saturated carbocycles. The molecule has 0 amide bonds. The first-order chi connectivity index (χ1) is 5.88. The minimum atomic E-state index is 0. The van der Waals surface area contributed by atoms with E-state index in [1.54, 1.807) is 0 Å². The second-order valence-corrected chi connectivity index (χ2v) is 3.39. The van der Waals surface area contributed by atoms with Gasteiger partial charge in [0.2, 0.25) is 0 Å². The topological polar surface area (TPSA) is 0 Å². The molecule has 0 nitrogen and oxygen atoms in total. The summed E-state index contributed by atoms with van der Waals surface area (Å²) in [5.41, 5.74) is 1.53. The Morgan fingerprint density at radius 3 is 1.79 bits per heavy atom. The van der Waals surface area contributed by atoms with E-state index in [2.05, 4.69) is 44.2 Å². The van der Waals surface area contributed by atoms with Crippen molar-refractivity contribution < 1.29 is 0 Å². The molecular weight excluding hydrogens is 168 g/mol. The SMILES string of the molecule is C.C.CCC.c1ccc(C2CC2)cc1. The van der Waals surface area contributed by atoms with Gasteiger partial charge in [0, 0.05) is 0 Å². The van der Waals surface area contributed by atoms with E-state index in [0.717, 1.165) is 5.92 Å². The maximum Gasteiger partial charge on any atom is -0.0162 e. The van der Waals surface area contributed by atoms with Gasteiger partial charge in [0.15, 0.2) is 0 Å². The van der Waals surface area contributed by atoms with E-state index in [9.17, 15) is 0 Å². The van der Waals surface area contributed by atoms with Gasteiger partial charge >= 0.3 is 0 Å². The lowest BCUT2D eigenvalue weighted by Crippen LogP contribution is -1.73. The maximum atomic E-state index is 2.22. The van der Waals surface area contributed by atoms with Crippen molar-refractivity contribution in [2.45, 2.75) is 53.9 Å². The number of hydrogen-bond donors (Lipinski definition) is 0. The van der Waals surface area contributed by atoms with E-state index in [1.807, 2.05) is 0 Å². The van der Waals surface area contributed by atoms with Gasteiger partial charge in [-0.2, -0.15) is 0 Å². The molecule has 0 heteroatoms. The summed E-state index contributed by atoms with van der Waals surface area (Å²) in [7, 11) is 0. The molecule has 1 aromatic rings. The van der Waals surface area contributed by atoms with Crippen LogP contribution in [0.25, 0.3) is 0 Å². The van der Waals surface area contributed by atoms with Crippen molar-refractivity contribution in [2.24, 2.45) is 0 Å². The molecule has 1 aromatic carbocycles. The molecule has 0 spiro atoms. The molecule has 2 rings (SSSR count). The minimum Gasteiger partial charge on any atom is -0.0776 e. The van der Waals surface area contributed by atoms with Crippen LogP contribution >= 0.6 is 0 Å². The van der Waals surface area contributed by atoms with Crippen LogP contribution in [0.3, 0.4) is 0 Å². The van der Waals surface area contributed by atoms with Crippen molar-refractivity contribution in [3.05, 3.63) is 35.9 Å². The van der Waals surface area contributed by atoms with Crippen LogP contribution in [-0.4, -0.2) is 0 Å². The summed E-state index contributed by atoms with van der Waals surface area (Å²) in [6.07, 6.45) is 4.06. The zero-order valence-corrected chi connectivity index (χ0v) is 8.09. The molecule has 0 aromatic heterocycles. The predicted octanol–water partition coefficient (Wildman–Crippen LogP) is 5.25. The molecule has 0 radical (unpaired) electrons. The molecular formula is C14H26. The smallest absolute Gasteiger partial charge is 0.0162 e. The van der Waals surface area contributed by atoms with Crippen molar-refractivity contribution in [3.8, 4) is 0 Å². The van der Waals surface area contributed by atoms with Gasteiger partial charge < -0.3 is 0 Å². The Morgan fingerprint density at radius 2 is 1.43 bits per heavy atom. The summed E-state index contributed by atoms with van der Waals surface area (Å²) in [4.78, 5) is 0. The summed E-state index contributed by atoms with van der Waals surface area (Å²) >= 11 is 0. The number of hydrogen-bond acceptors (Lipinski definition) is 0. The van der Waals surface area contributed by atoms with Crippen LogP contribution in [0.15, 0.2) is 30.3 Å². The largest absolute Gasteiger partial charge is 0.0776 e. The highest BCUT2D eigenvalue weighted by atomic mass is 14.3. The van der Waals surface area contributed by atoms with Crippen molar-refractivity contribution in [3.63, 3.8) is 0 Å². The molecule has 14 heavy (non-hydrogen) atoms. The molecule has 1 aliphatic rings. The second-order valence-electron chi connectivity index (χ2n) is 3.39. The number of benzene rings is 1. The van der Waals surface area contributed by atoms with Gasteiger partial charge in [0.25, 0.3) is 0 Å². The minimum absolute atomic E-state index is 0. The molecule has 0 saturated heterocycles. The average Bonchev–Trinajstić information content (AvgIpc) is 2.90. The van der Waals surface area contributed by atoms with Crippen LogP contribution < -0.4 is 0 Å². The van der Waals surface area contributed by atoms with E-state index in [0.29, 0.717) is 0 Å². The zero-order valence-electron chi connectivity index (χ0n) is 8.09. The first kappa shape index (κ1) is 15.7. The van der Waals surface area contributed by atoms with Crippen molar-refractivity contribution >= 4 is 0 Å². The van der Waals surface area contributed by atoms with Crippen LogP contribution in [0.5, 0.6) is 0 Å². The second kappa shape index (κ2) is 8.80. The van der Waals surface area contributed by atoms with Gasteiger partial charge in [-0.25, -0.2) is 0 Å². The van der Waals surface area contributed by atoms with Crippen molar-refractivity contribution in [2.75, 3.05) is 0 Å².